The SMILES string of the molecule is CCN(CC)[C@H](C)[C@@H](C)OC. The molecule has 0 saturated carbocycles. The van der Waals surface area contributed by atoms with Crippen molar-refractivity contribution in [1.82, 2.24) is 4.90 Å². The maximum absolute atomic E-state index is 5.25. The molecule has 0 heterocycles. The van der Waals surface area contributed by atoms with Crippen LogP contribution in [0, 0.1) is 0 Å². The smallest absolute Gasteiger partial charge is 0.0695 e. The Morgan fingerprint density at radius 3 is 1.91 bits per heavy atom. The molecule has 0 unspecified atom stereocenters. The standard InChI is InChI=1S/C9H21NO/c1-6-10(7-2)8(3)9(4)11-5/h8-9H,6-7H2,1-5H3/t8-,9-/m1/s1. The van der Waals surface area contributed by atoms with Crippen molar-refractivity contribution in [3.05, 3.63) is 0 Å². The fraction of sp³-hybridized carbons (Fsp3) is 1.00. The topological polar surface area (TPSA) is 12.5 Å². The van der Waals surface area contributed by atoms with Gasteiger partial charge in [0.2, 0.25) is 0 Å². The van der Waals surface area contributed by atoms with Gasteiger partial charge in [-0.2, -0.15) is 0 Å². The van der Waals surface area contributed by atoms with Gasteiger partial charge in [-0.3, -0.25) is 4.90 Å². The molecule has 0 aliphatic carbocycles. The predicted molar refractivity (Wildman–Crippen MR) is 48.9 cm³/mol. The zero-order chi connectivity index (χ0) is 8.85. The Kier molecular flexibility index (Phi) is 5.51. The van der Waals surface area contributed by atoms with Crippen LogP contribution in [0.3, 0.4) is 0 Å². The number of ether oxygens (including phenoxy) is 1. The maximum atomic E-state index is 5.25. The van der Waals surface area contributed by atoms with E-state index in [9.17, 15) is 0 Å². The minimum atomic E-state index is 0.329. The van der Waals surface area contributed by atoms with Gasteiger partial charge in [-0.25, -0.2) is 0 Å². The minimum Gasteiger partial charge on any atom is -0.380 e. The van der Waals surface area contributed by atoms with Gasteiger partial charge in [-0.1, -0.05) is 13.8 Å². The van der Waals surface area contributed by atoms with E-state index in [1.165, 1.54) is 0 Å². The van der Waals surface area contributed by atoms with Crippen molar-refractivity contribution in [2.75, 3.05) is 20.2 Å². The first-order chi connectivity index (χ1) is 5.17. The molecule has 0 radical (unpaired) electrons. The normalized spacial score (nSPS) is 16.9. The van der Waals surface area contributed by atoms with Crippen LogP contribution in [-0.2, 0) is 4.74 Å². The summed E-state index contributed by atoms with van der Waals surface area (Å²) in [5, 5.41) is 0. The van der Waals surface area contributed by atoms with Crippen LogP contribution < -0.4 is 0 Å². The molecule has 0 rings (SSSR count). The van der Waals surface area contributed by atoms with Crippen molar-refractivity contribution in [3.8, 4) is 0 Å². The van der Waals surface area contributed by atoms with Gasteiger partial charge in [0.15, 0.2) is 0 Å². The third-order valence-electron chi connectivity index (χ3n) is 2.44. The van der Waals surface area contributed by atoms with Crippen LogP contribution in [0.4, 0.5) is 0 Å². The molecule has 0 aliphatic rings. The number of hydrogen-bond donors (Lipinski definition) is 0. The van der Waals surface area contributed by atoms with Crippen molar-refractivity contribution in [1.29, 1.82) is 0 Å². The second-order valence-corrected chi connectivity index (χ2v) is 2.90. The Hall–Kier alpha value is -0.0800. The highest BCUT2D eigenvalue weighted by Gasteiger charge is 2.16. The lowest BCUT2D eigenvalue weighted by atomic mass is 10.2. The van der Waals surface area contributed by atoms with Crippen LogP contribution in [0.15, 0.2) is 0 Å². The average molecular weight is 159 g/mol. The Labute approximate surface area is 70.5 Å². The molecule has 0 fully saturated rings. The van der Waals surface area contributed by atoms with Gasteiger partial charge < -0.3 is 4.74 Å². The molecule has 0 aromatic rings. The van der Waals surface area contributed by atoms with E-state index in [0.29, 0.717) is 12.1 Å². The Morgan fingerprint density at radius 2 is 1.64 bits per heavy atom. The molecule has 0 aliphatic heterocycles. The highest BCUT2D eigenvalue weighted by molar-refractivity contribution is 4.70. The first-order valence-corrected chi connectivity index (χ1v) is 4.44. The summed E-state index contributed by atoms with van der Waals surface area (Å²) in [4.78, 5) is 2.40. The first kappa shape index (κ1) is 10.9. The van der Waals surface area contributed by atoms with Gasteiger partial charge in [-0.05, 0) is 26.9 Å². The maximum Gasteiger partial charge on any atom is 0.0695 e. The molecule has 2 heteroatoms. The van der Waals surface area contributed by atoms with E-state index in [-0.39, 0.29) is 0 Å². The molecule has 2 atom stereocenters. The lowest BCUT2D eigenvalue weighted by Crippen LogP contribution is -2.40. The second-order valence-electron chi connectivity index (χ2n) is 2.90. The Balaban J connectivity index is 3.86. The van der Waals surface area contributed by atoms with E-state index in [2.05, 4.69) is 32.6 Å². The van der Waals surface area contributed by atoms with Crippen LogP contribution in [0.25, 0.3) is 0 Å². The Morgan fingerprint density at radius 1 is 1.18 bits per heavy atom. The summed E-state index contributed by atoms with van der Waals surface area (Å²) in [6, 6.07) is 0.523. The fourth-order valence-electron chi connectivity index (χ4n) is 1.29. The quantitative estimate of drug-likeness (QED) is 0.606. The third kappa shape index (κ3) is 3.21. The summed E-state index contributed by atoms with van der Waals surface area (Å²) >= 11 is 0. The highest BCUT2D eigenvalue weighted by atomic mass is 16.5. The second kappa shape index (κ2) is 5.56. The van der Waals surface area contributed by atoms with Crippen molar-refractivity contribution in [3.63, 3.8) is 0 Å². The van der Waals surface area contributed by atoms with E-state index in [1.54, 1.807) is 7.11 Å². The molecule has 0 bridgehead atoms. The van der Waals surface area contributed by atoms with Crippen molar-refractivity contribution >= 4 is 0 Å². The molecule has 2 nitrogen and oxygen atoms in total. The minimum absolute atomic E-state index is 0.329. The first-order valence-electron chi connectivity index (χ1n) is 4.44. The molecule has 0 N–H and O–H groups in total. The zero-order valence-electron chi connectivity index (χ0n) is 8.42. The highest BCUT2D eigenvalue weighted by Crippen LogP contribution is 2.05. The molecule has 0 spiro atoms. The van der Waals surface area contributed by atoms with Gasteiger partial charge in [0.25, 0.3) is 0 Å². The van der Waals surface area contributed by atoms with Gasteiger partial charge in [0, 0.05) is 13.2 Å². The van der Waals surface area contributed by atoms with E-state index in [4.69, 9.17) is 4.74 Å². The van der Waals surface area contributed by atoms with Crippen LogP contribution in [0.5, 0.6) is 0 Å². The number of hydrogen-bond acceptors (Lipinski definition) is 2. The number of likely N-dealkylation sites (N-methyl/N-ethyl adjacent to an activating group) is 1. The van der Waals surface area contributed by atoms with Crippen molar-refractivity contribution in [2.45, 2.75) is 39.8 Å². The molecule has 11 heavy (non-hydrogen) atoms. The largest absolute Gasteiger partial charge is 0.380 e. The molecule has 68 valence electrons. The molecular formula is C9H21NO. The predicted octanol–water partition coefficient (Wildman–Crippen LogP) is 1.75. The summed E-state index contributed by atoms with van der Waals surface area (Å²) in [5.41, 5.74) is 0. The third-order valence-corrected chi connectivity index (χ3v) is 2.44. The van der Waals surface area contributed by atoms with E-state index in [0.717, 1.165) is 13.1 Å². The van der Waals surface area contributed by atoms with Crippen LogP contribution in [-0.4, -0.2) is 37.2 Å². The Bertz CT molecular complexity index is 91.6. The van der Waals surface area contributed by atoms with Gasteiger partial charge in [-0.15, -0.1) is 0 Å². The number of methoxy groups -OCH3 is 1. The van der Waals surface area contributed by atoms with Gasteiger partial charge in [0.05, 0.1) is 6.10 Å². The monoisotopic (exact) mass is 159 g/mol. The van der Waals surface area contributed by atoms with Crippen LogP contribution in [0.2, 0.25) is 0 Å². The zero-order valence-corrected chi connectivity index (χ0v) is 8.42. The molecule has 0 aromatic heterocycles. The van der Waals surface area contributed by atoms with E-state index >= 15 is 0 Å². The summed E-state index contributed by atoms with van der Waals surface area (Å²) in [6.07, 6.45) is 0.329. The molecular weight excluding hydrogens is 138 g/mol. The van der Waals surface area contributed by atoms with E-state index < -0.39 is 0 Å². The summed E-state index contributed by atoms with van der Waals surface area (Å²) in [7, 11) is 1.77. The van der Waals surface area contributed by atoms with Gasteiger partial charge >= 0.3 is 0 Å². The van der Waals surface area contributed by atoms with Crippen LogP contribution in [0.1, 0.15) is 27.7 Å². The molecule has 0 saturated heterocycles. The lowest BCUT2D eigenvalue weighted by Gasteiger charge is -2.30. The van der Waals surface area contributed by atoms with Gasteiger partial charge in [0.1, 0.15) is 0 Å². The van der Waals surface area contributed by atoms with Crippen molar-refractivity contribution < 1.29 is 4.74 Å². The molecule has 0 aromatic carbocycles. The van der Waals surface area contributed by atoms with E-state index in [1.807, 2.05) is 0 Å². The summed E-state index contributed by atoms with van der Waals surface area (Å²) in [6.45, 7) is 10.9. The van der Waals surface area contributed by atoms with Crippen LogP contribution >= 0.6 is 0 Å². The van der Waals surface area contributed by atoms with Crippen molar-refractivity contribution in [2.24, 2.45) is 0 Å². The fourth-order valence-corrected chi connectivity index (χ4v) is 1.29. The number of rotatable bonds is 5. The lowest BCUT2D eigenvalue weighted by molar-refractivity contribution is 0.0376. The molecule has 0 amide bonds. The average Bonchev–Trinajstić information content (AvgIpc) is 2.05. The number of nitrogens with zero attached hydrogens (tertiary/aromatic N) is 1. The summed E-state index contributed by atoms with van der Waals surface area (Å²) < 4.78 is 5.25. The summed E-state index contributed by atoms with van der Waals surface area (Å²) in [5.74, 6) is 0.